The molecule has 0 radical (unpaired) electrons. The Morgan fingerprint density at radius 3 is 2.44 bits per heavy atom. The number of carbonyl (C=O) groups is 2. The quantitative estimate of drug-likeness (QED) is 0.596. The fourth-order valence-electron chi connectivity index (χ4n) is 3.42. The number of anilines is 1. The Bertz CT molecular complexity index is 556. The Kier molecular flexibility index (Phi) is 7.70. The Balaban J connectivity index is 1.75. The van der Waals surface area contributed by atoms with Crippen molar-refractivity contribution in [2.75, 3.05) is 18.4 Å². The number of hydrogen-bond acceptors (Lipinski definition) is 3. The van der Waals surface area contributed by atoms with Crippen LogP contribution in [0.2, 0.25) is 0 Å². The van der Waals surface area contributed by atoms with Gasteiger partial charge in [0.25, 0.3) is 0 Å². The van der Waals surface area contributed by atoms with Crippen molar-refractivity contribution in [1.82, 2.24) is 5.32 Å². The van der Waals surface area contributed by atoms with E-state index in [-0.39, 0.29) is 18.1 Å². The van der Waals surface area contributed by atoms with E-state index in [9.17, 15) is 14.0 Å². The zero-order valence-electron chi connectivity index (χ0n) is 14.5. The average molecular weight is 350 g/mol. The normalized spacial score (nSPS) is 16.2. The predicted octanol–water partition coefficient (Wildman–Crippen LogP) is 3.42. The first-order valence-corrected chi connectivity index (χ1v) is 9.03. The molecule has 0 unspecified atom stereocenters. The zero-order chi connectivity index (χ0) is 18.1. The number of aliphatic carboxylic acids is 1. The zero-order valence-corrected chi connectivity index (χ0v) is 14.5. The molecular formula is C19H27FN2O3. The van der Waals surface area contributed by atoms with E-state index in [0.717, 1.165) is 18.5 Å². The Morgan fingerprint density at radius 2 is 1.80 bits per heavy atom. The summed E-state index contributed by atoms with van der Waals surface area (Å²) in [6.07, 6.45) is 6.31. The highest BCUT2D eigenvalue weighted by molar-refractivity contribution is 5.83. The van der Waals surface area contributed by atoms with E-state index in [1.807, 2.05) is 0 Å². The fraction of sp³-hybridized carbons (Fsp3) is 0.579. The lowest BCUT2D eigenvalue weighted by molar-refractivity contribution is -0.141. The maximum absolute atomic E-state index is 12.8. The highest BCUT2D eigenvalue weighted by atomic mass is 19.1. The molecule has 1 aliphatic rings. The van der Waals surface area contributed by atoms with Gasteiger partial charge in [-0.2, -0.15) is 0 Å². The van der Waals surface area contributed by atoms with Crippen molar-refractivity contribution in [2.45, 2.75) is 44.9 Å². The van der Waals surface area contributed by atoms with Crippen LogP contribution in [-0.2, 0) is 9.59 Å². The number of benzene rings is 1. The number of rotatable bonds is 9. The summed E-state index contributed by atoms with van der Waals surface area (Å²) in [7, 11) is 0. The molecule has 1 atom stereocenters. The molecule has 1 saturated carbocycles. The van der Waals surface area contributed by atoms with E-state index < -0.39 is 11.9 Å². The molecular weight excluding hydrogens is 323 g/mol. The van der Waals surface area contributed by atoms with Crippen molar-refractivity contribution in [3.63, 3.8) is 0 Å². The van der Waals surface area contributed by atoms with Crippen molar-refractivity contribution in [2.24, 2.45) is 11.8 Å². The molecule has 2 rings (SSSR count). The number of hydrogen-bond donors (Lipinski definition) is 3. The molecule has 0 aliphatic heterocycles. The molecule has 0 bridgehead atoms. The molecule has 3 N–H and O–H groups in total. The summed E-state index contributed by atoms with van der Waals surface area (Å²) in [5, 5.41) is 15.0. The number of carboxylic acid groups (broad SMARTS) is 1. The van der Waals surface area contributed by atoms with E-state index in [2.05, 4.69) is 10.6 Å². The minimum absolute atomic E-state index is 0.117. The standard InChI is InChI=1S/C19H27FN2O3/c20-16-6-8-17(9-7-16)21-10-11-22-19(25)15(13-18(23)24)12-14-4-2-1-3-5-14/h6-9,14-15,21H,1-5,10-13H2,(H,22,25)(H,23,24)/t15-/m1/s1. The van der Waals surface area contributed by atoms with E-state index in [1.165, 1.54) is 31.4 Å². The number of nitrogens with one attached hydrogen (secondary N) is 2. The van der Waals surface area contributed by atoms with Gasteiger partial charge < -0.3 is 15.7 Å². The third kappa shape index (κ3) is 7.11. The molecule has 1 fully saturated rings. The highest BCUT2D eigenvalue weighted by Gasteiger charge is 2.26. The monoisotopic (exact) mass is 350 g/mol. The number of carbonyl (C=O) groups excluding carboxylic acids is 1. The van der Waals surface area contributed by atoms with Gasteiger partial charge >= 0.3 is 5.97 Å². The molecule has 1 aromatic rings. The van der Waals surface area contributed by atoms with Crippen LogP contribution >= 0.6 is 0 Å². The van der Waals surface area contributed by atoms with Crippen LogP contribution in [0.5, 0.6) is 0 Å². The molecule has 1 amide bonds. The average Bonchev–Trinajstić information content (AvgIpc) is 2.60. The van der Waals surface area contributed by atoms with Gasteiger partial charge in [-0.05, 0) is 36.6 Å². The van der Waals surface area contributed by atoms with Crippen LogP contribution in [0.15, 0.2) is 24.3 Å². The smallest absolute Gasteiger partial charge is 0.304 e. The van der Waals surface area contributed by atoms with E-state index in [1.54, 1.807) is 12.1 Å². The van der Waals surface area contributed by atoms with E-state index in [0.29, 0.717) is 25.4 Å². The Hall–Kier alpha value is -2.11. The predicted molar refractivity (Wildman–Crippen MR) is 94.8 cm³/mol. The third-order valence-corrected chi connectivity index (χ3v) is 4.73. The Morgan fingerprint density at radius 1 is 1.12 bits per heavy atom. The van der Waals surface area contributed by atoms with Crippen LogP contribution in [0, 0.1) is 17.7 Å². The van der Waals surface area contributed by atoms with Gasteiger partial charge in [-0.1, -0.05) is 32.1 Å². The maximum Gasteiger partial charge on any atom is 0.304 e. The summed E-state index contributed by atoms with van der Waals surface area (Å²) in [6, 6.07) is 6.00. The molecule has 0 spiro atoms. The van der Waals surface area contributed by atoms with Crippen molar-refractivity contribution in [3.05, 3.63) is 30.1 Å². The van der Waals surface area contributed by atoms with E-state index in [4.69, 9.17) is 5.11 Å². The summed E-state index contributed by atoms with van der Waals surface area (Å²) < 4.78 is 12.8. The topological polar surface area (TPSA) is 78.4 Å². The fourth-order valence-corrected chi connectivity index (χ4v) is 3.42. The lowest BCUT2D eigenvalue weighted by Crippen LogP contribution is -2.36. The van der Waals surface area contributed by atoms with Gasteiger partial charge in [0.15, 0.2) is 0 Å². The number of amides is 1. The largest absolute Gasteiger partial charge is 0.481 e. The van der Waals surface area contributed by atoms with Crippen LogP contribution in [0.4, 0.5) is 10.1 Å². The van der Waals surface area contributed by atoms with Crippen molar-refractivity contribution >= 4 is 17.6 Å². The summed E-state index contributed by atoms with van der Waals surface area (Å²) in [5.74, 6) is -1.42. The van der Waals surface area contributed by atoms with Crippen LogP contribution < -0.4 is 10.6 Å². The first-order chi connectivity index (χ1) is 12.0. The second-order valence-corrected chi connectivity index (χ2v) is 6.76. The minimum Gasteiger partial charge on any atom is -0.481 e. The second-order valence-electron chi connectivity index (χ2n) is 6.76. The molecule has 138 valence electrons. The second kappa shape index (κ2) is 10.0. The molecule has 1 aromatic carbocycles. The summed E-state index contributed by atoms with van der Waals surface area (Å²) in [6.45, 7) is 0.900. The van der Waals surface area contributed by atoms with Gasteiger partial charge in [0.2, 0.25) is 5.91 Å². The van der Waals surface area contributed by atoms with Crippen molar-refractivity contribution in [1.29, 1.82) is 0 Å². The van der Waals surface area contributed by atoms with Gasteiger partial charge in [-0.15, -0.1) is 0 Å². The van der Waals surface area contributed by atoms with Gasteiger partial charge in [0.05, 0.1) is 6.42 Å². The molecule has 25 heavy (non-hydrogen) atoms. The maximum atomic E-state index is 12.8. The van der Waals surface area contributed by atoms with Crippen LogP contribution in [0.1, 0.15) is 44.9 Å². The highest BCUT2D eigenvalue weighted by Crippen LogP contribution is 2.30. The van der Waals surface area contributed by atoms with Gasteiger partial charge in [0, 0.05) is 24.7 Å². The molecule has 5 nitrogen and oxygen atoms in total. The van der Waals surface area contributed by atoms with E-state index >= 15 is 0 Å². The first kappa shape index (κ1) is 19.2. The molecule has 6 heteroatoms. The van der Waals surface area contributed by atoms with Crippen molar-refractivity contribution < 1.29 is 19.1 Å². The summed E-state index contributed by atoms with van der Waals surface area (Å²) >= 11 is 0. The lowest BCUT2D eigenvalue weighted by Gasteiger charge is -2.25. The molecule has 0 aromatic heterocycles. The summed E-state index contributed by atoms with van der Waals surface area (Å²) in [5.41, 5.74) is 0.778. The summed E-state index contributed by atoms with van der Waals surface area (Å²) in [4.78, 5) is 23.4. The van der Waals surface area contributed by atoms with Gasteiger partial charge in [-0.3, -0.25) is 9.59 Å². The molecule has 0 heterocycles. The third-order valence-electron chi connectivity index (χ3n) is 4.73. The molecule has 0 saturated heterocycles. The van der Waals surface area contributed by atoms with Gasteiger partial charge in [-0.25, -0.2) is 4.39 Å². The van der Waals surface area contributed by atoms with Gasteiger partial charge in [0.1, 0.15) is 5.82 Å². The minimum atomic E-state index is -0.930. The lowest BCUT2D eigenvalue weighted by atomic mass is 9.81. The number of halogens is 1. The van der Waals surface area contributed by atoms with Crippen LogP contribution in [0.25, 0.3) is 0 Å². The number of carboxylic acids is 1. The van der Waals surface area contributed by atoms with Crippen LogP contribution in [-0.4, -0.2) is 30.1 Å². The van der Waals surface area contributed by atoms with Crippen molar-refractivity contribution in [3.8, 4) is 0 Å². The molecule has 1 aliphatic carbocycles. The SMILES string of the molecule is O=C(O)C[C@@H](CC1CCCCC1)C(=O)NCCNc1ccc(F)cc1. The Labute approximate surface area is 148 Å². The van der Waals surface area contributed by atoms with Crippen LogP contribution in [0.3, 0.4) is 0 Å². The first-order valence-electron chi connectivity index (χ1n) is 9.03.